The lowest BCUT2D eigenvalue weighted by Gasteiger charge is -2.26. The van der Waals surface area contributed by atoms with E-state index < -0.39 is 0 Å². The van der Waals surface area contributed by atoms with E-state index in [1.165, 1.54) is 6.07 Å². The Morgan fingerprint density at radius 3 is 2.58 bits per heavy atom. The number of aliphatic hydroxyl groups is 1. The normalized spacial score (nSPS) is 10.7. The Hall–Kier alpha value is -1.37. The topological polar surface area (TPSA) is 23.5 Å². The molecule has 19 heavy (non-hydrogen) atoms. The average molecular weight is 263 g/mol. The smallest absolute Gasteiger partial charge is 0.138 e. The first-order chi connectivity index (χ1) is 9.12. The van der Waals surface area contributed by atoms with E-state index in [2.05, 4.69) is 37.6 Å². The monoisotopic (exact) mass is 263 g/mol. The summed E-state index contributed by atoms with van der Waals surface area (Å²) in [7, 11) is 2.08. The summed E-state index contributed by atoms with van der Waals surface area (Å²) in [5.74, 6) is 4.78. The number of hydrogen-bond donors (Lipinski definition) is 1. The van der Waals surface area contributed by atoms with Crippen LogP contribution in [0.25, 0.3) is 0 Å². The first-order valence-corrected chi connectivity index (χ1v) is 6.70. The van der Waals surface area contributed by atoms with Gasteiger partial charge in [0.05, 0.1) is 5.56 Å². The van der Waals surface area contributed by atoms with Crippen LogP contribution in [-0.2, 0) is 6.54 Å². The van der Waals surface area contributed by atoms with Crippen LogP contribution < -0.4 is 0 Å². The third kappa shape index (κ3) is 4.66. The van der Waals surface area contributed by atoms with Gasteiger partial charge in [0, 0.05) is 12.6 Å². The molecule has 1 N–H and O–H groups in total. The summed E-state index contributed by atoms with van der Waals surface area (Å²) in [6, 6.07) is 5.53. The van der Waals surface area contributed by atoms with Gasteiger partial charge in [-0.1, -0.05) is 31.8 Å². The zero-order chi connectivity index (χ0) is 14.3. The molecule has 0 saturated heterocycles. The zero-order valence-corrected chi connectivity index (χ0v) is 11.9. The van der Waals surface area contributed by atoms with Crippen molar-refractivity contribution in [2.24, 2.45) is 0 Å². The van der Waals surface area contributed by atoms with Gasteiger partial charge in [-0.15, -0.1) is 0 Å². The van der Waals surface area contributed by atoms with Gasteiger partial charge in [-0.05, 0) is 37.6 Å². The van der Waals surface area contributed by atoms with Gasteiger partial charge in [0.1, 0.15) is 12.4 Å². The van der Waals surface area contributed by atoms with Gasteiger partial charge in [0.25, 0.3) is 0 Å². The van der Waals surface area contributed by atoms with Crippen molar-refractivity contribution in [1.82, 2.24) is 4.90 Å². The van der Waals surface area contributed by atoms with E-state index in [1.807, 2.05) is 0 Å². The third-order valence-electron chi connectivity index (χ3n) is 3.33. The number of halogens is 1. The minimum atomic E-state index is -0.338. The maximum atomic E-state index is 13.5. The fourth-order valence-electron chi connectivity index (χ4n) is 2.23. The van der Waals surface area contributed by atoms with E-state index in [-0.39, 0.29) is 12.4 Å². The predicted molar refractivity (Wildman–Crippen MR) is 76.2 cm³/mol. The number of aliphatic hydroxyl groups excluding tert-OH is 1. The Kier molecular flexibility index (Phi) is 6.55. The lowest BCUT2D eigenvalue weighted by Crippen LogP contribution is -2.30. The molecule has 1 aromatic rings. The van der Waals surface area contributed by atoms with Crippen LogP contribution in [0.1, 0.15) is 37.8 Å². The Bertz CT molecular complexity index is 458. The maximum absolute atomic E-state index is 13.5. The van der Waals surface area contributed by atoms with Crippen molar-refractivity contribution < 1.29 is 9.50 Å². The summed E-state index contributed by atoms with van der Waals surface area (Å²) in [6.45, 7) is 4.87. The molecule has 0 heterocycles. The van der Waals surface area contributed by atoms with Crippen molar-refractivity contribution in [3.8, 4) is 11.8 Å². The molecule has 2 nitrogen and oxygen atoms in total. The fraction of sp³-hybridized carbons (Fsp3) is 0.500. The van der Waals surface area contributed by atoms with Gasteiger partial charge in [-0.3, -0.25) is 4.90 Å². The average Bonchev–Trinajstić information content (AvgIpc) is 2.40. The highest BCUT2D eigenvalue weighted by Crippen LogP contribution is 2.14. The molecule has 0 aliphatic heterocycles. The molecule has 0 aliphatic carbocycles. The van der Waals surface area contributed by atoms with Crippen LogP contribution in [0.3, 0.4) is 0 Å². The van der Waals surface area contributed by atoms with Gasteiger partial charge in [0.2, 0.25) is 0 Å². The number of rotatable bonds is 5. The Morgan fingerprint density at radius 1 is 1.32 bits per heavy atom. The summed E-state index contributed by atoms with van der Waals surface area (Å²) in [6.07, 6.45) is 2.21. The summed E-state index contributed by atoms with van der Waals surface area (Å²) >= 11 is 0. The fourth-order valence-corrected chi connectivity index (χ4v) is 2.23. The van der Waals surface area contributed by atoms with Crippen molar-refractivity contribution in [3.63, 3.8) is 0 Å². The minimum Gasteiger partial charge on any atom is -0.384 e. The molecule has 0 radical (unpaired) electrons. The van der Waals surface area contributed by atoms with Crippen LogP contribution in [0.5, 0.6) is 0 Å². The molecule has 0 saturated carbocycles. The van der Waals surface area contributed by atoms with Gasteiger partial charge in [-0.2, -0.15) is 0 Å². The molecular formula is C16H22FNO. The second-order valence-electron chi connectivity index (χ2n) is 4.66. The van der Waals surface area contributed by atoms with E-state index in [4.69, 9.17) is 5.11 Å². The highest BCUT2D eigenvalue weighted by atomic mass is 19.1. The Balaban J connectivity index is 2.84. The Labute approximate surface area is 115 Å². The second kappa shape index (κ2) is 7.93. The van der Waals surface area contributed by atoms with Crippen molar-refractivity contribution in [2.75, 3.05) is 13.7 Å². The summed E-state index contributed by atoms with van der Waals surface area (Å²) in [4.78, 5) is 2.27. The first-order valence-electron chi connectivity index (χ1n) is 6.70. The van der Waals surface area contributed by atoms with E-state index in [1.54, 1.807) is 12.1 Å². The van der Waals surface area contributed by atoms with Crippen molar-refractivity contribution in [2.45, 2.75) is 39.3 Å². The van der Waals surface area contributed by atoms with Crippen LogP contribution in [0.4, 0.5) is 4.39 Å². The second-order valence-corrected chi connectivity index (χ2v) is 4.66. The van der Waals surface area contributed by atoms with Gasteiger partial charge < -0.3 is 5.11 Å². The largest absolute Gasteiger partial charge is 0.384 e. The standard InChI is InChI=1S/C16H22FNO/c1-4-15(5-2)18(3)12-13-8-9-16(17)14(11-13)7-6-10-19/h8-9,11,15,19H,4-5,10,12H2,1-3H3. The Morgan fingerprint density at radius 2 is 2.00 bits per heavy atom. The van der Waals surface area contributed by atoms with Crippen molar-refractivity contribution in [1.29, 1.82) is 0 Å². The van der Waals surface area contributed by atoms with Crippen LogP contribution in [-0.4, -0.2) is 29.7 Å². The lowest BCUT2D eigenvalue weighted by atomic mass is 10.1. The molecule has 0 bridgehead atoms. The molecule has 0 aliphatic rings. The quantitative estimate of drug-likeness (QED) is 0.826. The predicted octanol–water partition coefficient (Wildman–Crippen LogP) is 2.79. The highest BCUT2D eigenvalue weighted by Gasteiger charge is 2.11. The minimum absolute atomic E-state index is 0.253. The molecule has 1 aromatic carbocycles. The van der Waals surface area contributed by atoms with E-state index >= 15 is 0 Å². The maximum Gasteiger partial charge on any atom is 0.138 e. The molecular weight excluding hydrogens is 241 g/mol. The first kappa shape index (κ1) is 15.7. The number of nitrogens with zero attached hydrogens (tertiary/aromatic N) is 1. The molecule has 104 valence electrons. The third-order valence-corrected chi connectivity index (χ3v) is 3.33. The molecule has 0 aromatic heterocycles. The van der Waals surface area contributed by atoms with E-state index in [0.29, 0.717) is 11.6 Å². The van der Waals surface area contributed by atoms with Crippen LogP contribution in [0.2, 0.25) is 0 Å². The molecule has 0 amide bonds. The lowest BCUT2D eigenvalue weighted by molar-refractivity contribution is 0.221. The summed E-state index contributed by atoms with van der Waals surface area (Å²) in [5, 5.41) is 8.67. The summed E-state index contributed by atoms with van der Waals surface area (Å²) in [5.41, 5.74) is 1.39. The molecule has 3 heteroatoms. The molecule has 1 rings (SSSR count). The van der Waals surface area contributed by atoms with Crippen molar-refractivity contribution in [3.05, 3.63) is 35.1 Å². The zero-order valence-electron chi connectivity index (χ0n) is 11.9. The summed E-state index contributed by atoms with van der Waals surface area (Å²) < 4.78 is 13.5. The van der Waals surface area contributed by atoms with E-state index in [9.17, 15) is 4.39 Å². The molecule has 0 spiro atoms. The number of benzene rings is 1. The van der Waals surface area contributed by atoms with Gasteiger partial charge in [0.15, 0.2) is 0 Å². The highest BCUT2D eigenvalue weighted by molar-refractivity contribution is 5.38. The number of hydrogen-bond acceptors (Lipinski definition) is 2. The van der Waals surface area contributed by atoms with Crippen LogP contribution >= 0.6 is 0 Å². The SMILES string of the molecule is CCC(CC)N(C)Cc1ccc(F)c(C#CCO)c1. The molecule has 0 atom stereocenters. The van der Waals surface area contributed by atoms with Crippen LogP contribution in [0.15, 0.2) is 18.2 Å². The van der Waals surface area contributed by atoms with E-state index in [0.717, 1.165) is 24.9 Å². The molecule has 0 unspecified atom stereocenters. The van der Waals surface area contributed by atoms with Gasteiger partial charge >= 0.3 is 0 Å². The molecule has 0 fully saturated rings. The van der Waals surface area contributed by atoms with Crippen molar-refractivity contribution >= 4 is 0 Å². The van der Waals surface area contributed by atoms with Gasteiger partial charge in [-0.25, -0.2) is 4.39 Å². The van der Waals surface area contributed by atoms with Crippen LogP contribution in [0, 0.1) is 17.7 Å².